The molecule has 7 heteroatoms. The number of halogens is 1. The summed E-state index contributed by atoms with van der Waals surface area (Å²) in [5.41, 5.74) is 6.37. The number of anilines is 1. The van der Waals surface area contributed by atoms with Crippen LogP contribution in [-0.4, -0.2) is 27.2 Å². The monoisotopic (exact) mass is 307 g/mol. The zero-order valence-corrected chi connectivity index (χ0v) is 12.8. The van der Waals surface area contributed by atoms with Crippen LogP contribution in [0.1, 0.15) is 20.3 Å². The molecule has 0 spiro atoms. The van der Waals surface area contributed by atoms with E-state index in [2.05, 4.69) is 15.4 Å². The molecular formula is C14H18ClN5O. The van der Waals surface area contributed by atoms with Gasteiger partial charge in [-0.2, -0.15) is 5.10 Å². The van der Waals surface area contributed by atoms with Gasteiger partial charge in [-0.1, -0.05) is 18.5 Å². The molecule has 1 aromatic carbocycles. The van der Waals surface area contributed by atoms with E-state index >= 15 is 0 Å². The lowest BCUT2D eigenvalue weighted by Gasteiger charge is -2.25. The van der Waals surface area contributed by atoms with Gasteiger partial charge in [0.25, 0.3) is 0 Å². The first-order valence-electron chi connectivity index (χ1n) is 6.66. The summed E-state index contributed by atoms with van der Waals surface area (Å²) in [7, 11) is 0. The van der Waals surface area contributed by atoms with Gasteiger partial charge < -0.3 is 11.1 Å². The minimum atomic E-state index is -0.623. The second-order valence-corrected chi connectivity index (χ2v) is 5.51. The molecule has 1 amide bonds. The molecule has 0 radical (unpaired) electrons. The molecule has 1 heterocycles. The Morgan fingerprint density at radius 3 is 2.86 bits per heavy atom. The molecule has 1 aromatic heterocycles. The maximum absolute atomic E-state index is 12.5. The summed E-state index contributed by atoms with van der Waals surface area (Å²) in [6.45, 7) is 4.04. The SMILES string of the molecule is CCC(C)(CN)C(=O)Nc1cc(Cl)ccc1-n1cncn1. The molecule has 0 saturated carbocycles. The van der Waals surface area contributed by atoms with Crippen LogP contribution in [0.4, 0.5) is 5.69 Å². The molecular weight excluding hydrogens is 290 g/mol. The van der Waals surface area contributed by atoms with Crippen LogP contribution in [0.5, 0.6) is 0 Å². The van der Waals surface area contributed by atoms with Crippen LogP contribution in [0.3, 0.4) is 0 Å². The third-order valence-corrected chi connectivity index (χ3v) is 3.89. The lowest BCUT2D eigenvalue weighted by atomic mass is 9.86. The number of nitrogens with zero attached hydrogens (tertiary/aromatic N) is 3. The normalized spacial score (nSPS) is 13.7. The smallest absolute Gasteiger partial charge is 0.231 e. The van der Waals surface area contributed by atoms with Crippen LogP contribution in [0.2, 0.25) is 5.02 Å². The summed E-state index contributed by atoms with van der Waals surface area (Å²) in [6, 6.07) is 5.19. The zero-order chi connectivity index (χ0) is 15.5. The fourth-order valence-electron chi connectivity index (χ4n) is 1.81. The predicted octanol–water partition coefficient (Wildman–Crippen LogP) is 2.23. The van der Waals surface area contributed by atoms with E-state index in [1.165, 1.54) is 6.33 Å². The number of nitrogens with one attached hydrogen (secondary N) is 1. The van der Waals surface area contributed by atoms with Gasteiger partial charge in [-0.15, -0.1) is 0 Å². The maximum atomic E-state index is 12.5. The van der Waals surface area contributed by atoms with E-state index in [0.717, 1.165) is 0 Å². The van der Waals surface area contributed by atoms with Crippen molar-refractivity contribution in [3.8, 4) is 5.69 Å². The second-order valence-electron chi connectivity index (χ2n) is 5.07. The van der Waals surface area contributed by atoms with Crippen molar-refractivity contribution in [3.05, 3.63) is 35.9 Å². The van der Waals surface area contributed by atoms with E-state index in [-0.39, 0.29) is 12.5 Å². The predicted molar refractivity (Wildman–Crippen MR) is 82.5 cm³/mol. The lowest BCUT2D eigenvalue weighted by Crippen LogP contribution is -2.39. The van der Waals surface area contributed by atoms with E-state index in [4.69, 9.17) is 17.3 Å². The first-order valence-corrected chi connectivity index (χ1v) is 7.04. The molecule has 21 heavy (non-hydrogen) atoms. The quantitative estimate of drug-likeness (QED) is 0.887. The highest BCUT2D eigenvalue weighted by Gasteiger charge is 2.30. The summed E-state index contributed by atoms with van der Waals surface area (Å²) in [6.07, 6.45) is 3.63. The number of amides is 1. The van der Waals surface area contributed by atoms with Crippen LogP contribution >= 0.6 is 11.6 Å². The molecule has 3 N–H and O–H groups in total. The van der Waals surface area contributed by atoms with Gasteiger partial charge in [0.2, 0.25) is 5.91 Å². The van der Waals surface area contributed by atoms with Gasteiger partial charge in [0.05, 0.1) is 16.8 Å². The van der Waals surface area contributed by atoms with Gasteiger partial charge in [-0.25, -0.2) is 9.67 Å². The Hall–Kier alpha value is -1.92. The van der Waals surface area contributed by atoms with Gasteiger partial charge >= 0.3 is 0 Å². The third-order valence-electron chi connectivity index (χ3n) is 3.65. The summed E-state index contributed by atoms with van der Waals surface area (Å²) in [5.74, 6) is -0.142. The number of carbonyl (C=O) groups is 1. The Balaban J connectivity index is 2.36. The number of hydrogen-bond donors (Lipinski definition) is 2. The highest BCUT2D eigenvalue weighted by molar-refractivity contribution is 6.31. The number of benzene rings is 1. The summed E-state index contributed by atoms with van der Waals surface area (Å²) in [4.78, 5) is 16.4. The molecule has 1 unspecified atom stereocenters. The molecule has 0 fully saturated rings. The highest BCUT2D eigenvalue weighted by Crippen LogP contribution is 2.27. The Kier molecular flexibility index (Phi) is 4.59. The highest BCUT2D eigenvalue weighted by atomic mass is 35.5. The summed E-state index contributed by atoms with van der Waals surface area (Å²) < 4.78 is 1.57. The number of hydrogen-bond acceptors (Lipinski definition) is 4. The standard InChI is InChI=1S/C14H18ClN5O/c1-3-14(2,7-16)13(21)19-11-6-10(15)4-5-12(11)20-9-17-8-18-20/h4-6,8-9H,3,7,16H2,1-2H3,(H,19,21). The fourth-order valence-corrected chi connectivity index (χ4v) is 1.98. The van der Waals surface area contributed by atoms with Crippen molar-refractivity contribution in [2.75, 3.05) is 11.9 Å². The van der Waals surface area contributed by atoms with Crippen LogP contribution in [0.25, 0.3) is 5.69 Å². The molecule has 0 aliphatic rings. The zero-order valence-electron chi connectivity index (χ0n) is 12.0. The number of rotatable bonds is 5. The Bertz CT molecular complexity index is 622. The first kappa shape index (κ1) is 15.5. The van der Waals surface area contributed by atoms with Crippen molar-refractivity contribution in [3.63, 3.8) is 0 Å². The Morgan fingerprint density at radius 1 is 1.52 bits per heavy atom. The first-order chi connectivity index (χ1) is 10.00. The van der Waals surface area contributed by atoms with Crippen molar-refractivity contribution in [2.45, 2.75) is 20.3 Å². The van der Waals surface area contributed by atoms with Crippen LogP contribution < -0.4 is 11.1 Å². The molecule has 2 aromatic rings. The molecule has 112 valence electrons. The van der Waals surface area contributed by atoms with E-state index < -0.39 is 5.41 Å². The van der Waals surface area contributed by atoms with Gasteiger partial charge in [0, 0.05) is 11.6 Å². The maximum Gasteiger partial charge on any atom is 0.231 e. The minimum Gasteiger partial charge on any atom is -0.329 e. The third kappa shape index (κ3) is 3.22. The number of aromatic nitrogens is 3. The molecule has 0 aliphatic carbocycles. The van der Waals surface area contributed by atoms with Crippen molar-refractivity contribution < 1.29 is 4.79 Å². The molecule has 6 nitrogen and oxygen atoms in total. The van der Waals surface area contributed by atoms with E-state index in [1.807, 2.05) is 13.8 Å². The minimum absolute atomic E-state index is 0.142. The van der Waals surface area contributed by atoms with Crippen molar-refractivity contribution in [1.29, 1.82) is 0 Å². The van der Waals surface area contributed by atoms with Crippen molar-refractivity contribution in [1.82, 2.24) is 14.8 Å². The largest absolute Gasteiger partial charge is 0.329 e. The fraction of sp³-hybridized carbons (Fsp3) is 0.357. The Labute approximate surface area is 128 Å². The lowest BCUT2D eigenvalue weighted by molar-refractivity contribution is -0.124. The van der Waals surface area contributed by atoms with Crippen LogP contribution in [0, 0.1) is 5.41 Å². The topological polar surface area (TPSA) is 85.8 Å². The van der Waals surface area contributed by atoms with Crippen LogP contribution in [0.15, 0.2) is 30.9 Å². The molecule has 0 aliphatic heterocycles. The van der Waals surface area contributed by atoms with Gasteiger partial charge in [0.15, 0.2) is 0 Å². The Morgan fingerprint density at radius 2 is 2.29 bits per heavy atom. The average molecular weight is 308 g/mol. The molecule has 0 bridgehead atoms. The van der Waals surface area contributed by atoms with Gasteiger partial charge in [-0.3, -0.25) is 4.79 Å². The van der Waals surface area contributed by atoms with Crippen molar-refractivity contribution in [2.24, 2.45) is 11.1 Å². The van der Waals surface area contributed by atoms with Crippen molar-refractivity contribution >= 4 is 23.2 Å². The molecule has 0 saturated heterocycles. The van der Waals surface area contributed by atoms with Gasteiger partial charge in [-0.05, 0) is 31.5 Å². The molecule has 1 atom stereocenters. The van der Waals surface area contributed by atoms with Gasteiger partial charge in [0.1, 0.15) is 12.7 Å². The average Bonchev–Trinajstić information content (AvgIpc) is 3.00. The number of carbonyl (C=O) groups excluding carboxylic acids is 1. The summed E-state index contributed by atoms with van der Waals surface area (Å²) in [5, 5.41) is 7.49. The van der Waals surface area contributed by atoms with E-state index in [0.29, 0.717) is 22.8 Å². The van der Waals surface area contributed by atoms with E-state index in [1.54, 1.807) is 29.2 Å². The second kappa shape index (κ2) is 6.24. The summed E-state index contributed by atoms with van der Waals surface area (Å²) >= 11 is 6.02. The van der Waals surface area contributed by atoms with E-state index in [9.17, 15) is 4.79 Å². The molecule has 2 rings (SSSR count). The van der Waals surface area contributed by atoms with Crippen LogP contribution in [-0.2, 0) is 4.79 Å². The number of nitrogens with two attached hydrogens (primary N) is 1.